The molecule has 0 fully saturated rings. The van der Waals surface area contributed by atoms with Gasteiger partial charge in [-0.15, -0.1) is 0 Å². The summed E-state index contributed by atoms with van der Waals surface area (Å²) in [6.07, 6.45) is 0. The third kappa shape index (κ3) is 4.86. The van der Waals surface area contributed by atoms with E-state index < -0.39 is 10.8 Å². The Kier molecular flexibility index (Phi) is 7.19. The molecule has 3 nitrogen and oxygen atoms in total. The molecule has 0 heterocycles. The Labute approximate surface area is 120 Å². The molecule has 0 saturated heterocycles. The van der Waals surface area contributed by atoms with Gasteiger partial charge in [0.1, 0.15) is 0 Å². The van der Waals surface area contributed by atoms with E-state index >= 15 is 0 Å². The van der Waals surface area contributed by atoms with E-state index in [1.807, 2.05) is 11.8 Å². The Hall–Kier alpha value is -0.130. The van der Waals surface area contributed by atoms with Crippen LogP contribution in [0.15, 0.2) is 23.1 Å². The van der Waals surface area contributed by atoms with Gasteiger partial charge in [-0.25, -0.2) is 0 Å². The summed E-state index contributed by atoms with van der Waals surface area (Å²) in [5.41, 5.74) is 0. The van der Waals surface area contributed by atoms with Crippen molar-refractivity contribution in [1.82, 2.24) is 4.90 Å². The largest absolute Gasteiger partial charge is 0.395 e. The van der Waals surface area contributed by atoms with Crippen LogP contribution in [0, 0.1) is 0 Å². The molecule has 0 amide bonds. The second kappa shape index (κ2) is 8.12. The average molecular weight is 310 g/mol. The van der Waals surface area contributed by atoms with Gasteiger partial charge in [-0.2, -0.15) is 0 Å². The van der Waals surface area contributed by atoms with Crippen LogP contribution in [0.3, 0.4) is 0 Å². The van der Waals surface area contributed by atoms with Gasteiger partial charge in [-0.05, 0) is 24.7 Å². The standard InChI is InChI=1S/C12H17Cl2NO2S/c1-2-15(5-7-16)6-8-18(17)12-9-10(13)3-4-11(12)14/h3-4,9,16H,2,5-8H2,1H3. The van der Waals surface area contributed by atoms with Gasteiger partial charge in [0.05, 0.1) is 27.3 Å². The highest BCUT2D eigenvalue weighted by atomic mass is 35.5. The molecule has 0 aromatic heterocycles. The summed E-state index contributed by atoms with van der Waals surface area (Å²) < 4.78 is 12.1. The molecule has 1 aromatic carbocycles. The maximum atomic E-state index is 12.1. The fraction of sp³-hybridized carbons (Fsp3) is 0.500. The lowest BCUT2D eigenvalue weighted by Crippen LogP contribution is -2.30. The zero-order valence-electron chi connectivity index (χ0n) is 10.2. The van der Waals surface area contributed by atoms with Crippen molar-refractivity contribution in [2.75, 3.05) is 32.0 Å². The summed E-state index contributed by atoms with van der Waals surface area (Å²) in [5.74, 6) is 0.480. The SMILES string of the molecule is CCN(CCO)CCS(=O)c1cc(Cl)ccc1Cl. The minimum atomic E-state index is -1.17. The van der Waals surface area contributed by atoms with Crippen LogP contribution in [0.25, 0.3) is 0 Å². The minimum absolute atomic E-state index is 0.110. The smallest absolute Gasteiger partial charge is 0.0589 e. The molecule has 18 heavy (non-hydrogen) atoms. The van der Waals surface area contributed by atoms with E-state index in [9.17, 15) is 4.21 Å². The fourth-order valence-corrected chi connectivity index (χ4v) is 3.34. The number of likely N-dealkylation sites (N-methyl/N-ethyl adjacent to an activating group) is 1. The maximum absolute atomic E-state index is 12.1. The molecule has 0 bridgehead atoms. The molecule has 0 aliphatic carbocycles. The quantitative estimate of drug-likeness (QED) is 0.841. The zero-order chi connectivity index (χ0) is 13.5. The van der Waals surface area contributed by atoms with Crippen LogP contribution in [-0.2, 0) is 10.8 Å². The van der Waals surface area contributed by atoms with Gasteiger partial charge in [-0.1, -0.05) is 30.1 Å². The highest BCUT2D eigenvalue weighted by molar-refractivity contribution is 7.85. The topological polar surface area (TPSA) is 40.5 Å². The molecule has 1 unspecified atom stereocenters. The van der Waals surface area contributed by atoms with Gasteiger partial charge in [0, 0.05) is 23.9 Å². The van der Waals surface area contributed by atoms with E-state index in [1.165, 1.54) is 0 Å². The molecule has 0 aliphatic heterocycles. The Bertz CT molecular complexity index is 415. The lowest BCUT2D eigenvalue weighted by atomic mass is 10.4. The highest BCUT2D eigenvalue weighted by Crippen LogP contribution is 2.23. The third-order valence-electron chi connectivity index (χ3n) is 2.59. The summed E-state index contributed by atoms with van der Waals surface area (Å²) in [4.78, 5) is 2.61. The average Bonchev–Trinajstić information content (AvgIpc) is 2.37. The number of halogens is 2. The van der Waals surface area contributed by atoms with Crippen molar-refractivity contribution in [3.63, 3.8) is 0 Å². The van der Waals surface area contributed by atoms with Crippen LogP contribution in [0.4, 0.5) is 0 Å². The second-order valence-electron chi connectivity index (χ2n) is 3.78. The third-order valence-corrected chi connectivity index (χ3v) is 4.65. The number of hydrogen-bond acceptors (Lipinski definition) is 3. The van der Waals surface area contributed by atoms with Crippen molar-refractivity contribution in [1.29, 1.82) is 0 Å². The van der Waals surface area contributed by atoms with E-state index in [1.54, 1.807) is 18.2 Å². The minimum Gasteiger partial charge on any atom is -0.395 e. The molecular formula is C12H17Cl2NO2S. The van der Waals surface area contributed by atoms with E-state index in [0.29, 0.717) is 33.8 Å². The first kappa shape index (κ1) is 15.9. The molecule has 1 rings (SSSR count). The summed E-state index contributed by atoms with van der Waals surface area (Å²) in [6.45, 7) is 4.19. The number of rotatable bonds is 7. The van der Waals surface area contributed by atoms with Crippen LogP contribution < -0.4 is 0 Å². The van der Waals surface area contributed by atoms with Crippen molar-refractivity contribution >= 4 is 34.0 Å². The number of aliphatic hydroxyl groups is 1. The van der Waals surface area contributed by atoms with Crippen LogP contribution in [-0.4, -0.2) is 46.2 Å². The molecule has 0 radical (unpaired) electrons. The fourth-order valence-electron chi connectivity index (χ4n) is 1.54. The Morgan fingerprint density at radius 2 is 2.06 bits per heavy atom. The van der Waals surface area contributed by atoms with Crippen molar-refractivity contribution in [2.24, 2.45) is 0 Å². The van der Waals surface area contributed by atoms with Crippen LogP contribution >= 0.6 is 23.2 Å². The summed E-state index contributed by atoms with van der Waals surface area (Å²) in [5, 5.41) is 9.88. The van der Waals surface area contributed by atoms with Crippen molar-refractivity contribution in [2.45, 2.75) is 11.8 Å². The Morgan fingerprint density at radius 1 is 1.33 bits per heavy atom. The number of nitrogens with zero attached hydrogens (tertiary/aromatic N) is 1. The van der Waals surface area contributed by atoms with E-state index in [-0.39, 0.29) is 6.61 Å². The molecule has 1 atom stereocenters. The van der Waals surface area contributed by atoms with Gasteiger partial charge in [0.15, 0.2) is 0 Å². The summed E-state index contributed by atoms with van der Waals surface area (Å²) in [6, 6.07) is 4.97. The molecular weight excluding hydrogens is 293 g/mol. The molecule has 1 aromatic rings. The predicted octanol–water partition coefficient (Wildman–Crippen LogP) is 2.42. The maximum Gasteiger partial charge on any atom is 0.0589 e. The van der Waals surface area contributed by atoms with Crippen molar-refractivity contribution < 1.29 is 9.32 Å². The summed E-state index contributed by atoms with van der Waals surface area (Å²) in [7, 11) is -1.17. The normalized spacial score (nSPS) is 12.9. The zero-order valence-corrected chi connectivity index (χ0v) is 12.6. The van der Waals surface area contributed by atoms with Crippen molar-refractivity contribution in [3.8, 4) is 0 Å². The Morgan fingerprint density at radius 3 is 2.67 bits per heavy atom. The van der Waals surface area contributed by atoms with E-state index in [2.05, 4.69) is 0 Å². The van der Waals surface area contributed by atoms with Gasteiger partial charge in [0.2, 0.25) is 0 Å². The number of hydrogen-bond donors (Lipinski definition) is 1. The van der Waals surface area contributed by atoms with Gasteiger partial charge >= 0.3 is 0 Å². The van der Waals surface area contributed by atoms with Gasteiger partial charge < -0.3 is 10.0 Å². The molecule has 1 N–H and O–H groups in total. The number of benzene rings is 1. The molecule has 0 aliphatic rings. The molecule has 102 valence electrons. The number of aliphatic hydroxyl groups excluding tert-OH is 1. The lowest BCUT2D eigenvalue weighted by molar-refractivity contribution is 0.209. The molecule has 0 spiro atoms. The summed E-state index contributed by atoms with van der Waals surface area (Å²) >= 11 is 11.9. The van der Waals surface area contributed by atoms with Crippen LogP contribution in [0.5, 0.6) is 0 Å². The van der Waals surface area contributed by atoms with Gasteiger partial charge in [0.25, 0.3) is 0 Å². The first-order valence-electron chi connectivity index (χ1n) is 5.75. The molecule has 6 heteroatoms. The highest BCUT2D eigenvalue weighted by Gasteiger charge is 2.11. The van der Waals surface area contributed by atoms with Crippen molar-refractivity contribution in [3.05, 3.63) is 28.2 Å². The van der Waals surface area contributed by atoms with Gasteiger partial charge in [-0.3, -0.25) is 4.21 Å². The predicted molar refractivity (Wildman–Crippen MR) is 76.9 cm³/mol. The van der Waals surface area contributed by atoms with Crippen LogP contribution in [0.1, 0.15) is 6.92 Å². The van der Waals surface area contributed by atoms with E-state index in [4.69, 9.17) is 28.3 Å². The lowest BCUT2D eigenvalue weighted by Gasteiger charge is -2.18. The first-order valence-corrected chi connectivity index (χ1v) is 7.82. The monoisotopic (exact) mass is 309 g/mol. The van der Waals surface area contributed by atoms with Crippen LogP contribution in [0.2, 0.25) is 10.0 Å². The second-order valence-corrected chi connectivity index (χ2v) is 6.17. The first-order chi connectivity index (χ1) is 8.58. The van der Waals surface area contributed by atoms with E-state index in [0.717, 1.165) is 6.54 Å². The Balaban J connectivity index is 2.62. The molecule has 0 saturated carbocycles.